The first kappa shape index (κ1) is 13.0. The van der Waals surface area contributed by atoms with Crippen LogP contribution in [0.4, 0.5) is 0 Å². The summed E-state index contributed by atoms with van der Waals surface area (Å²) < 4.78 is 10.1. The Morgan fingerprint density at radius 1 is 1.61 bits per heavy atom. The van der Waals surface area contributed by atoms with Gasteiger partial charge in [-0.15, -0.1) is 0 Å². The number of methoxy groups -OCH3 is 2. The van der Waals surface area contributed by atoms with Crippen molar-refractivity contribution >= 4 is 5.91 Å². The van der Waals surface area contributed by atoms with Gasteiger partial charge in [-0.05, 0) is 12.8 Å². The number of nitrogens with one attached hydrogen (secondary N) is 2. The van der Waals surface area contributed by atoms with Crippen LogP contribution in [0.1, 0.15) is 17.8 Å². The summed E-state index contributed by atoms with van der Waals surface area (Å²) in [4.78, 5) is 19.3. The number of nitrogens with zero attached hydrogens (tertiary/aromatic N) is 1. The number of rotatable bonds is 5. The molecule has 0 spiro atoms. The Hall–Kier alpha value is -1.40. The van der Waals surface area contributed by atoms with E-state index in [0.29, 0.717) is 6.54 Å². The number of aryl methyl sites for hydroxylation is 1. The predicted molar refractivity (Wildman–Crippen MR) is 64.9 cm³/mol. The lowest BCUT2D eigenvalue weighted by Gasteiger charge is -2.22. The summed E-state index contributed by atoms with van der Waals surface area (Å²) in [6.07, 6.45) is 3.73. The molecular formula is C12H19N3O3. The van der Waals surface area contributed by atoms with Gasteiger partial charge in [0.2, 0.25) is 5.91 Å². The van der Waals surface area contributed by atoms with E-state index in [1.165, 1.54) is 0 Å². The predicted octanol–water partition coefficient (Wildman–Crippen LogP) is 0.250. The van der Waals surface area contributed by atoms with Gasteiger partial charge in [0.15, 0.2) is 6.29 Å². The van der Waals surface area contributed by atoms with E-state index in [1.54, 1.807) is 20.5 Å². The average molecular weight is 253 g/mol. The van der Waals surface area contributed by atoms with Gasteiger partial charge in [0.05, 0.1) is 18.6 Å². The van der Waals surface area contributed by atoms with Crippen LogP contribution in [0.15, 0.2) is 6.33 Å². The van der Waals surface area contributed by atoms with Gasteiger partial charge in [-0.2, -0.15) is 0 Å². The Morgan fingerprint density at radius 3 is 3.11 bits per heavy atom. The monoisotopic (exact) mass is 253 g/mol. The number of hydrogen-bond donors (Lipinski definition) is 2. The molecule has 100 valence electrons. The number of carbonyl (C=O) groups is 1. The molecular weight excluding hydrogens is 234 g/mol. The summed E-state index contributed by atoms with van der Waals surface area (Å²) in [5.74, 6) is 0.0571. The first-order valence-electron chi connectivity index (χ1n) is 6.09. The number of aromatic amines is 1. The normalized spacial score (nSPS) is 18.7. The molecule has 6 heteroatoms. The second-order valence-electron chi connectivity index (χ2n) is 4.41. The van der Waals surface area contributed by atoms with Crippen molar-refractivity contribution in [3.05, 3.63) is 17.7 Å². The van der Waals surface area contributed by atoms with Gasteiger partial charge >= 0.3 is 0 Å². The Morgan fingerprint density at radius 2 is 2.39 bits per heavy atom. The number of fused-ring (bicyclic) bond motifs is 1. The molecule has 0 saturated heterocycles. The first-order chi connectivity index (χ1) is 8.74. The molecule has 0 aliphatic heterocycles. The highest BCUT2D eigenvalue weighted by Crippen LogP contribution is 2.22. The van der Waals surface area contributed by atoms with E-state index in [4.69, 9.17) is 9.47 Å². The summed E-state index contributed by atoms with van der Waals surface area (Å²) >= 11 is 0. The van der Waals surface area contributed by atoms with Gasteiger partial charge in [-0.1, -0.05) is 0 Å². The third-order valence-corrected chi connectivity index (χ3v) is 3.33. The molecule has 1 atom stereocenters. The quantitative estimate of drug-likeness (QED) is 0.737. The van der Waals surface area contributed by atoms with Gasteiger partial charge in [-0.3, -0.25) is 4.79 Å². The van der Waals surface area contributed by atoms with Crippen LogP contribution >= 0.6 is 0 Å². The number of imidazole rings is 1. The average Bonchev–Trinajstić information content (AvgIpc) is 2.86. The minimum absolute atomic E-state index is 0.00677. The van der Waals surface area contributed by atoms with Gasteiger partial charge in [0.1, 0.15) is 0 Å². The molecule has 6 nitrogen and oxygen atoms in total. The highest BCUT2D eigenvalue weighted by Gasteiger charge is 2.26. The molecule has 18 heavy (non-hydrogen) atoms. The molecule has 2 rings (SSSR count). The van der Waals surface area contributed by atoms with Crippen LogP contribution in [0.5, 0.6) is 0 Å². The Kier molecular flexibility index (Phi) is 4.33. The Labute approximate surface area is 106 Å². The standard InChI is InChI=1S/C12H19N3O3/c1-17-11(18-2)6-13-12(16)8-3-4-9-10(5-8)15-7-14-9/h7-8,11H,3-6H2,1-2H3,(H,13,16)(H,14,15). The van der Waals surface area contributed by atoms with Gasteiger partial charge in [0.25, 0.3) is 0 Å². The van der Waals surface area contributed by atoms with Crippen LogP contribution < -0.4 is 5.32 Å². The smallest absolute Gasteiger partial charge is 0.223 e. The van der Waals surface area contributed by atoms with E-state index in [0.717, 1.165) is 30.7 Å². The van der Waals surface area contributed by atoms with Gasteiger partial charge < -0.3 is 19.8 Å². The fourth-order valence-electron chi connectivity index (χ4n) is 2.22. The maximum atomic E-state index is 12.0. The summed E-state index contributed by atoms with van der Waals surface area (Å²) in [6.45, 7) is 0.373. The summed E-state index contributed by atoms with van der Waals surface area (Å²) in [7, 11) is 3.11. The minimum atomic E-state index is -0.389. The summed E-state index contributed by atoms with van der Waals surface area (Å²) in [5, 5.41) is 2.85. The van der Waals surface area contributed by atoms with E-state index < -0.39 is 0 Å². The molecule has 0 saturated carbocycles. The number of aromatic nitrogens is 2. The summed E-state index contributed by atoms with van der Waals surface area (Å²) in [6, 6.07) is 0. The molecule has 1 heterocycles. The van der Waals surface area contributed by atoms with Crippen LogP contribution in [0, 0.1) is 5.92 Å². The highest BCUT2D eigenvalue weighted by molar-refractivity contribution is 5.79. The molecule has 1 amide bonds. The molecule has 1 aliphatic rings. The molecule has 0 bridgehead atoms. The van der Waals surface area contributed by atoms with Crippen LogP contribution in [0.3, 0.4) is 0 Å². The van der Waals surface area contributed by atoms with Crippen LogP contribution in [-0.4, -0.2) is 42.9 Å². The highest BCUT2D eigenvalue weighted by atomic mass is 16.7. The van der Waals surface area contributed by atoms with Crippen molar-refractivity contribution in [1.82, 2.24) is 15.3 Å². The zero-order valence-electron chi connectivity index (χ0n) is 10.7. The second-order valence-corrected chi connectivity index (χ2v) is 4.41. The maximum Gasteiger partial charge on any atom is 0.223 e. The molecule has 0 aromatic carbocycles. The first-order valence-corrected chi connectivity index (χ1v) is 6.09. The largest absolute Gasteiger partial charge is 0.354 e. The molecule has 2 N–H and O–H groups in total. The fourth-order valence-corrected chi connectivity index (χ4v) is 2.22. The molecule has 1 unspecified atom stereocenters. The van der Waals surface area contributed by atoms with Crippen molar-refractivity contribution < 1.29 is 14.3 Å². The molecule has 0 fully saturated rings. The van der Waals surface area contributed by atoms with Crippen molar-refractivity contribution in [2.45, 2.75) is 25.6 Å². The van der Waals surface area contributed by atoms with Crippen molar-refractivity contribution in [1.29, 1.82) is 0 Å². The number of hydrogen-bond acceptors (Lipinski definition) is 4. The second kappa shape index (κ2) is 5.97. The van der Waals surface area contributed by atoms with Crippen molar-refractivity contribution in [2.75, 3.05) is 20.8 Å². The molecule has 1 aromatic heterocycles. The fraction of sp³-hybridized carbons (Fsp3) is 0.667. The number of ether oxygens (including phenoxy) is 2. The molecule has 0 radical (unpaired) electrons. The van der Waals surface area contributed by atoms with Crippen LogP contribution in [0.2, 0.25) is 0 Å². The molecule has 1 aromatic rings. The van der Waals surface area contributed by atoms with Gasteiger partial charge in [-0.25, -0.2) is 4.98 Å². The number of H-pyrrole nitrogens is 1. The Balaban J connectivity index is 1.84. The van der Waals surface area contributed by atoms with Crippen molar-refractivity contribution in [3.8, 4) is 0 Å². The van der Waals surface area contributed by atoms with Crippen molar-refractivity contribution in [3.63, 3.8) is 0 Å². The van der Waals surface area contributed by atoms with Crippen molar-refractivity contribution in [2.24, 2.45) is 5.92 Å². The van der Waals surface area contributed by atoms with Gasteiger partial charge in [0, 0.05) is 32.3 Å². The SMILES string of the molecule is COC(CNC(=O)C1CCc2nc[nH]c2C1)OC. The topological polar surface area (TPSA) is 76.2 Å². The van der Waals surface area contributed by atoms with E-state index in [-0.39, 0.29) is 18.1 Å². The number of amides is 1. The van der Waals surface area contributed by atoms with E-state index in [9.17, 15) is 4.79 Å². The third-order valence-electron chi connectivity index (χ3n) is 3.33. The number of carbonyl (C=O) groups excluding carboxylic acids is 1. The third kappa shape index (κ3) is 2.88. The molecule has 1 aliphatic carbocycles. The summed E-state index contributed by atoms with van der Waals surface area (Å²) in [5.41, 5.74) is 2.17. The lowest BCUT2D eigenvalue weighted by Crippen LogP contribution is -2.39. The maximum absolute atomic E-state index is 12.0. The van der Waals surface area contributed by atoms with E-state index in [2.05, 4.69) is 15.3 Å². The lowest BCUT2D eigenvalue weighted by molar-refractivity contribution is -0.131. The zero-order chi connectivity index (χ0) is 13.0. The van der Waals surface area contributed by atoms with E-state index in [1.807, 2.05) is 0 Å². The van der Waals surface area contributed by atoms with E-state index >= 15 is 0 Å². The Bertz CT molecular complexity index is 401. The van der Waals surface area contributed by atoms with Crippen LogP contribution in [0.25, 0.3) is 0 Å². The minimum Gasteiger partial charge on any atom is -0.354 e. The lowest BCUT2D eigenvalue weighted by atomic mass is 9.89. The zero-order valence-corrected chi connectivity index (χ0v) is 10.7. The van der Waals surface area contributed by atoms with Crippen LogP contribution in [-0.2, 0) is 27.1 Å².